The van der Waals surface area contributed by atoms with E-state index in [0.717, 1.165) is 38.0 Å². The Morgan fingerprint density at radius 2 is 2.19 bits per heavy atom. The fourth-order valence-corrected chi connectivity index (χ4v) is 2.26. The number of ether oxygens (including phenoxy) is 1. The summed E-state index contributed by atoms with van der Waals surface area (Å²) < 4.78 is 5.35. The Hall–Kier alpha value is -0.930. The highest BCUT2D eigenvalue weighted by Crippen LogP contribution is 2.25. The third-order valence-corrected chi connectivity index (χ3v) is 3.25. The van der Waals surface area contributed by atoms with Crippen molar-refractivity contribution in [1.29, 1.82) is 0 Å². The molecule has 1 aromatic heterocycles. The lowest BCUT2D eigenvalue weighted by molar-refractivity contribution is 0.0618. The molecule has 88 valence electrons. The van der Waals surface area contributed by atoms with Crippen molar-refractivity contribution in [3.05, 3.63) is 29.6 Å². The number of hydrogen-bond donors (Lipinski definition) is 1. The maximum absolute atomic E-state index is 6.21. The maximum atomic E-state index is 6.21. The van der Waals surface area contributed by atoms with Crippen LogP contribution in [0.1, 0.15) is 36.4 Å². The van der Waals surface area contributed by atoms with Crippen molar-refractivity contribution in [2.45, 2.75) is 32.2 Å². The second-order valence-electron chi connectivity index (χ2n) is 4.69. The van der Waals surface area contributed by atoms with Gasteiger partial charge in [0.25, 0.3) is 0 Å². The van der Waals surface area contributed by atoms with Crippen LogP contribution in [0.4, 0.5) is 0 Å². The van der Waals surface area contributed by atoms with Gasteiger partial charge in [0.1, 0.15) is 0 Å². The number of nitrogens with zero attached hydrogens (tertiary/aromatic N) is 1. The molecule has 0 aliphatic carbocycles. The highest BCUT2D eigenvalue weighted by molar-refractivity contribution is 5.19. The Bertz CT molecular complexity index is 334. The molecule has 0 amide bonds. The van der Waals surface area contributed by atoms with Gasteiger partial charge in [-0.1, -0.05) is 6.07 Å². The van der Waals surface area contributed by atoms with Gasteiger partial charge in [0.15, 0.2) is 0 Å². The molecule has 2 heterocycles. The van der Waals surface area contributed by atoms with Gasteiger partial charge in [0.05, 0.1) is 0 Å². The number of aromatic nitrogens is 1. The largest absolute Gasteiger partial charge is 0.381 e. The van der Waals surface area contributed by atoms with Crippen molar-refractivity contribution in [2.75, 3.05) is 13.2 Å². The maximum Gasteiger partial charge on any atom is 0.0468 e. The van der Waals surface area contributed by atoms with E-state index >= 15 is 0 Å². The van der Waals surface area contributed by atoms with Gasteiger partial charge in [0.2, 0.25) is 0 Å². The summed E-state index contributed by atoms with van der Waals surface area (Å²) >= 11 is 0. The van der Waals surface area contributed by atoms with Crippen molar-refractivity contribution in [1.82, 2.24) is 4.98 Å². The Morgan fingerprint density at radius 1 is 1.44 bits per heavy atom. The molecule has 0 aromatic carbocycles. The van der Waals surface area contributed by atoms with E-state index in [2.05, 4.69) is 18.0 Å². The Morgan fingerprint density at radius 3 is 2.88 bits per heavy atom. The van der Waals surface area contributed by atoms with Crippen molar-refractivity contribution in [2.24, 2.45) is 11.7 Å². The Balaban J connectivity index is 1.94. The molecule has 3 nitrogen and oxygen atoms in total. The van der Waals surface area contributed by atoms with E-state index in [0.29, 0.717) is 5.92 Å². The number of nitrogens with two attached hydrogens (primary N) is 1. The summed E-state index contributed by atoms with van der Waals surface area (Å²) in [5.74, 6) is 0.712. The van der Waals surface area contributed by atoms with Crippen LogP contribution >= 0.6 is 0 Å². The van der Waals surface area contributed by atoms with Gasteiger partial charge in [-0.05, 0) is 43.2 Å². The molecule has 1 saturated heterocycles. The zero-order valence-electron chi connectivity index (χ0n) is 9.86. The summed E-state index contributed by atoms with van der Waals surface area (Å²) in [6, 6.07) is 2.26. The average Bonchev–Trinajstić information content (AvgIpc) is 2.30. The van der Waals surface area contributed by atoms with Crippen LogP contribution < -0.4 is 5.73 Å². The van der Waals surface area contributed by atoms with Crippen LogP contribution in [0.25, 0.3) is 0 Å². The Kier molecular flexibility index (Phi) is 3.91. The first-order chi connectivity index (χ1) is 7.75. The topological polar surface area (TPSA) is 48.1 Å². The molecule has 1 atom stereocenters. The minimum absolute atomic E-state index is 0.121. The van der Waals surface area contributed by atoms with Gasteiger partial charge < -0.3 is 10.5 Å². The third kappa shape index (κ3) is 3.03. The van der Waals surface area contributed by atoms with Crippen LogP contribution in [-0.2, 0) is 4.74 Å². The second kappa shape index (κ2) is 5.41. The first-order valence-corrected chi connectivity index (χ1v) is 6.00. The zero-order valence-corrected chi connectivity index (χ0v) is 9.86. The predicted octanol–water partition coefficient (Wildman–Crippen LogP) is 2.21. The summed E-state index contributed by atoms with van der Waals surface area (Å²) in [6.07, 6.45) is 7.09. The minimum Gasteiger partial charge on any atom is -0.381 e. The van der Waals surface area contributed by atoms with Crippen molar-refractivity contribution in [3.8, 4) is 0 Å². The smallest absolute Gasteiger partial charge is 0.0468 e. The lowest BCUT2D eigenvalue weighted by Gasteiger charge is -2.24. The SMILES string of the molecule is Cc1cncc(C(N)CC2CCOCC2)c1. The zero-order chi connectivity index (χ0) is 11.4. The lowest BCUT2D eigenvalue weighted by Crippen LogP contribution is -2.21. The number of rotatable bonds is 3. The minimum atomic E-state index is 0.121. The molecule has 2 rings (SSSR count). The summed E-state index contributed by atoms with van der Waals surface area (Å²) in [7, 11) is 0. The molecule has 1 unspecified atom stereocenters. The molecule has 1 aromatic rings. The van der Waals surface area contributed by atoms with E-state index in [1.54, 1.807) is 0 Å². The predicted molar refractivity (Wildman–Crippen MR) is 64.1 cm³/mol. The summed E-state index contributed by atoms with van der Waals surface area (Å²) in [5, 5.41) is 0. The van der Waals surface area contributed by atoms with Crippen LogP contribution in [0.2, 0.25) is 0 Å². The summed E-state index contributed by atoms with van der Waals surface area (Å²) in [4.78, 5) is 4.19. The quantitative estimate of drug-likeness (QED) is 0.849. The first-order valence-electron chi connectivity index (χ1n) is 6.00. The highest BCUT2D eigenvalue weighted by Gasteiger charge is 2.18. The molecule has 0 radical (unpaired) electrons. The molecule has 1 aliphatic heterocycles. The second-order valence-corrected chi connectivity index (χ2v) is 4.69. The van der Waals surface area contributed by atoms with E-state index in [1.807, 2.05) is 12.4 Å². The summed E-state index contributed by atoms with van der Waals surface area (Å²) in [6.45, 7) is 3.84. The van der Waals surface area contributed by atoms with Gasteiger partial charge in [0, 0.05) is 31.6 Å². The van der Waals surface area contributed by atoms with Crippen molar-refractivity contribution < 1.29 is 4.74 Å². The number of pyridine rings is 1. The molecular formula is C13H20N2O. The molecular weight excluding hydrogens is 200 g/mol. The van der Waals surface area contributed by atoms with Crippen molar-refractivity contribution in [3.63, 3.8) is 0 Å². The molecule has 0 saturated carbocycles. The van der Waals surface area contributed by atoms with E-state index in [4.69, 9.17) is 10.5 Å². The molecule has 1 aliphatic rings. The molecule has 0 spiro atoms. The van der Waals surface area contributed by atoms with E-state index < -0.39 is 0 Å². The van der Waals surface area contributed by atoms with E-state index in [9.17, 15) is 0 Å². The van der Waals surface area contributed by atoms with Crippen LogP contribution in [0.5, 0.6) is 0 Å². The van der Waals surface area contributed by atoms with Crippen LogP contribution in [0.15, 0.2) is 18.5 Å². The van der Waals surface area contributed by atoms with E-state index in [1.165, 1.54) is 5.56 Å². The summed E-state index contributed by atoms with van der Waals surface area (Å²) in [5.41, 5.74) is 8.55. The monoisotopic (exact) mass is 220 g/mol. The first kappa shape index (κ1) is 11.6. The molecule has 0 bridgehead atoms. The number of aryl methyl sites for hydroxylation is 1. The van der Waals surface area contributed by atoms with E-state index in [-0.39, 0.29) is 6.04 Å². The van der Waals surface area contributed by atoms with Crippen LogP contribution in [0.3, 0.4) is 0 Å². The van der Waals surface area contributed by atoms with Crippen LogP contribution in [0, 0.1) is 12.8 Å². The van der Waals surface area contributed by atoms with Gasteiger partial charge >= 0.3 is 0 Å². The van der Waals surface area contributed by atoms with Crippen molar-refractivity contribution >= 4 is 0 Å². The molecule has 16 heavy (non-hydrogen) atoms. The molecule has 3 heteroatoms. The Labute approximate surface area is 97.0 Å². The average molecular weight is 220 g/mol. The fourth-order valence-electron chi connectivity index (χ4n) is 2.26. The highest BCUT2D eigenvalue weighted by atomic mass is 16.5. The molecule has 2 N–H and O–H groups in total. The van der Waals surface area contributed by atoms with Crippen LogP contribution in [-0.4, -0.2) is 18.2 Å². The van der Waals surface area contributed by atoms with Gasteiger partial charge in [-0.25, -0.2) is 0 Å². The molecule has 1 fully saturated rings. The fraction of sp³-hybridized carbons (Fsp3) is 0.615. The van der Waals surface area contributed by atoms with Gasteiger partial charge in [-0.2, -0.15) is 0 Å². The normalized spacial score (nSPS) is 19.6. The number of hydrogen-bond acceptors (Lipinski definition) is 3. The third-order valence-electron chi connectivity index (χ3n) is 3.25. The lowest BCUT2D eigenvalue weighted by atomic mass is 9.90. The van der Waals surface area contributed by atoms with Gasteiger partial charge in [-0.15, -0.1) is 0 Å². The standard InChI is InChI=1S/C13H20N2O/c1-10-6-12(9-15-8-10)13(14)7-11-2-4-16-5-3-11/h6,8-9,11,13H,2-5,7,14H2,1H3. The van der Waals surface area contributed by atoms with Gasteiger partial charge in [-0.3, -0.25) is 4.98 Å².